The molecule has 0 aliphatic carbocycles. The molecular formula is C15H20N2O2. The molecule has 0 aliphatic heterocycles. The molecule has 1 rings (SSSR count). The van der Waals surface area contributed by atoms with Crippen molar-refractivity contribution in [3.63, 3.8) is 0 Å². The smallest absolute Gasteiger partial charge is 0.260 e. The molecule has 0 aromatic heterocycles. The number of amides is 1. The molecular weight excluding hydrogens is 240 g/mol. The van der Waals surface area contributed by atoms with Crippen LogP contribution in [0.2, 0.25) is 0 Å². The number of hydrogen-bond donors (Lipinski definition) is 0. The molecule has 0 bridgehead atoms. The Labute approximate surface area is 114 Å². The monoisotopic (exact) mass is 260 g/mol. The maximum absolute atomic E-state index is 11.7. The molecule has 1 aromatic rings. The van der Waals surface area contributed by atoms with E-state index in [9.17, 15) is 4.79 Å². The summed E-state index contributed by atoms with van der Waals surface area (Å²) >= 11 is 0. The van der Waals surface area contributed by atoms with Crippen LogP contribution in [0.25, 0.3) is 0 Å². The van der Waals surface area contributed by atoms with E-state index in [0.717, 1.165) is 0 Å². The summed E-state index contributed by atoms with van der Waals surface area (Å²) in [5.41, 5.74) is 1.24. The third-order valence-electron chi connectivity index (χ3n) is 2.89. The summed E-state index contributed by atoms with van der Waals surface area (Å²) in [6, 6.07) is 9.76. The van der Waals surface area contributed by atoms with Gasteiger partial charge in [-0.2, -0.15) is 5.26 Å². The van der Waals surface area contributed by atoms with Crippen LogP contribution in [0.15, 0.2) is 24.3 Å². The number of ether oxygens (including phenoxy) is 1. The molecule has 0 N–H and O–H groups in total. The maximum atomic E-state index is 11.7. The average molecular weight is 260 g/mol. The highest BCUT2D eigenvalue weighted by atomic mass is 16.5. The van der Waals surface area contributed by atoms with Crippen molar-refractivity contribution in [2.75, 3.05) is 20.2 Å². The van der Waals surface area contributed by atoms with Crippen molar-refractivity contribution in [1.82, 2.24) is 4.90 Å². The van der Waals surface area contributed by atoms with Crippen LogP contribution in [0.4, 0.5) is 0 Å². The largest absolute Gasteiger partial charge is 0.484 e. The van der Waals surface area contributed by atoms with E-state index in [0.29, 0.717) is 24.6 Å². The number of hydrogen-bond acceptors (Lipinski definition) is 3. The Morgan fingerprint density at radius 3 is 2.53 bits per heavy atom. The molecule has 0 atom stereocenters. The highest BCUT2D eigenvalue weighted by molar-refractivity contribution is 5.77. The Morgan fingerprint density at radius 2 is 2.00 bits per heavy atom. The normalized spacial score (nSPS) is 10.1. The first-order chi connectivity index (χ1) is 9.04. The quantitative estimate of drug-likeness (QED) is 0.790. The van der Waals surface area contributed by atoms with Gasteiger partial charge >= 0.3 is 0 Å². The maximum Gasteiger partial charge on any atom is 0.260 e. The summed E-state index contributed by atoms with van der Waals surface area (Å²) in [6.45, 7) is 4.70. The van der Waals surface area contributed by atoms with E-state index in [1.54, 1.807) is 7.05 Å². The minimum absolute atomic E-state index is 0.00293. The van der Waals surface area contributed by atoms with Crippen LogP contribution < -0.4 is 4.74 Å². The Bertz CT molecular complexity index is 446. The SMILES string of the molecule is CC(C)c1ccc(OCC(=O)N(C)CCC#N)cc1. The summed E-state index contributed by atoms with van der Waals surface area (Å²) < 4.78 is 5.43. The molecule has 0 unspecified atom stereocenters. The van der Waals surface area contributed by atoms with Gasteiger partial charge in [0.25, 0.3) is 5.91 Å². The van der Waals surface area contributed by atoms with E-state index in [4.69, 9.17) is 10.00 Å². The van der Waals surface area contributed by atoms with Crippen LogP contribution in [0.1, 0.15) is 31.7 Å². The molecule has 1 amide bonds. The molecule has 0 radical (unpaired) electrons. The first-order valence-corrected chi connectivity index (χ1v) is 6.38. The van der Waals surface area contributed by atoms with E-state index in [-0.39, 0.29) is 12.5 Å². The average Bonchev–Trinajstić information content (AvgIpc) is 2.42. The molecule has 1 aromatic carbocycles. The summed E-state index contributed by atoms with van der Waals surface area (Å²) in [7, 11) is 1.67. The lowest BCUT2D eigenvalue weighted by Gasteiger charge is -2.16. The van der Waals surface area contributed by atoms with Crippen molar-refractivity contribution in [3.8, 4) is 11.8 Å². The van der Waals surface area contributed by atoms with Crippen LogP contribution in [-0.4, -0.2) is 31.0 Å². The van der Waals surface area contributed by atoms with Gasteiger partial charge < -0.3 is 9.64 Å². The van der Waals surface area contributed by atoms with Crippen LogP contribution in [-0.2, 0) is 4.79 Å². The van der Waals surface area contributed by atoms with Gasteiger partial charge in [0.05, 0.1) is 12.5 Å². The minimum Gasteiger partial charge on any atom is -0.484 e. The van der Waals surface area contributed by atoms with E-state index in [2.05, 4.69) is 13.8 Å². The Balaban J connectivity index is 2.44. The number of rotatable bonds is 6. The molecule has 102 valence electrons. The van der Waals surface area contributed by atoms with Gasteiger partial charge in [0.2, 0.25) is 0 Å². The molecule has 0 spiro atoms. The van der Waals surface area contributed by atoms with Crippen molar-refractivity contribution in [3.05, 3.63) is 29.8 Å². The minimum atomic E-state index is -0.122. The van der Waals surface area contributed by atoms with Gasteiger partial charge in [-0.05, 0) is 23.6 Å². The third-order valence-corrected chi connectivity index (χ3v) is 2.89. The highest BCUT2D eigenvalue weighted by Gasteiger charge is 2.09. The molecule has 0 saturated heterocycles. The van der Waals surface area contributed by atoms with Crippen molar-refractivity contribution in [2.45, 2.75) is 26.2 Å². The zero-order valence-corrected chi connectivity index (χ0v) is 11.7. The van der Waals surface area contributed by atoms with Crippen LogP contribution in [0, 0.1) is 11.3 Å². The number of nitrogens with zero attached hydrogens (tertiary/aromatic N) is 2. The molecule has 19 heavy (non-hydrogen) atoms. The highest BCUT2D eigenvalue weighted by Crippen LogP contribution is 2.18. The number of likely N-dealkylation sites (N-methyl/N-ethyl adjacent to an activating group) is 1. The molecule has 4 nitrogen and oxygen atoms in total. The van der Waals surface area contributed by atoms with Crippen LogP contribution >= 0.6 is 0 Å². The lowest BCUT2D eigenvalue weighted by molar-refractivity contribution is -0.131. The van der Waals surface area contributed by atoms with E-state index >= 15 is 0 Å². The standard InChI is InChI=1S/C15H20N2O2/c1-12(2)13-5-7-14(8-6-13)19-11-15(18)17(3)10-4-9-16/h5-8,12H,4,10-11H2,1-3H3. The fourth-order valence-corrected chi connectivity index (χ4v) is 1.55. The molecule has 0 aliphatic rings. The zero-order valence-electron chi connectivity index (χ0n) is 11.7. The lowest BCUT2D eigenvalue weighted by atomic mass is 10.0. The summed E-state index contributed by atoms with van der Waals surface area (Å²) in [5, 5.41) is 8.46. The number of benzene rings is 1. The first kappa shape index (κ1) is 15.0. The second kappa shape index (κ2) is 7.42. The first-order valence-electron chi connectivity index (χ1n) is 6.38. The van der Waals surface area contributed by atoms with Crippen LogP contribution in [0.3, 0.4) is 0 Å². The van der Waals surface area contributed by atoms with Gasteiger partial charge in [-0.25, -0.2) is 0 Å². The van der Waals surface area contributed by atoms with E-state index in [1.807, 2.05) is 30.3 Å². The Kier molecular flexibility index (Phi) is 5.87. The lowest BCUT2D eigenvalue weighted by Crippen LogP contribution is -2.32. The third kappa shape index (κ3) is 5.01. The van der Waals surface area contributed by atoms with E-state index < -0.39 is 0 Å². The fraction of sp³-hybridized carbons (Fsp3) is 0.467. The molecule has 0 heterocycles. The summed E-state index contributed by atoms with van der Waals surface area (Å²) in [6.07, 6.45) is 0.339. The number of carbonyl (C=O) groups excluding carboxylic acids is 1. The fourth-order valence-electron chi connectivity index (χ4n) is 1.55. The summed E-state index contributed by atoms with van der Waals surface area (Å²) in [5.74, 6) is 1.04. The van der Waals surface area contributed by atoms with Gasteiger partial charge in [-0.1, -0.05) is 26.0 Å². The molecule has 0 fully saturated rings. The molecule has 4 heteroatoms. The second-order valence-electron chi connectivity index (χ2n) is 4.74. The zero-order chi connectivity index (χ0) is 14.3. The van der Waals surface area contributed by atoms with E-state index in [1.165, 1.54) is 10.5 Å². The predicted octanol–water partition coefficient (Wildman–Crippen LogP) is 2.56. The van der Waals surface area contributed by atoms with Crippen LogP contribution in [0.5, 0.6) is 5.75 Å². The topological polar surface area (TPSA) is 53.3 Å². The van der Waals surface area contributed by atoms with Gasteiger partial charge in [0.1, 0.15) is 5.75 Å². The van der Waals surface area contributed by atoms with Crippen molar-refractivity contribution in [2.24, 2.45) is 0 Å². The van der Waals surface area contributed by atoms with Gasteiger partial charge in [-0.15, -0.1) is 0 Å². The molecule has 0 saturated carbocycles. The van der Waals surface area contributed by atoms with Crippen molar-refractivity contribution in [1.29, 1.82) is 5.26 Å². The van der Waals surface area contributed by atoms with Gasteiger partial charge in [0.15, 0.2) is 6.61 Å². The van der Waals surface area contributed by atoms with Gasteiger partial charge in [-0.3, -0.25) is 4.79 Å². The Hall–Kier alpha value is -2.02. The predicted molar refractivity (Wildman–Crippen MR) is 73.9 cm³/mol. The van der Waals surface area contributed by atoms with Crippen molar-refractivity contribution < 1.29 is 9.53 Å². The number of nitriles is 1. The Morgan fingerprint density at radius 1 is 1.37 bits per heavy atom. The van der Waals surface area contributed by atoms with Gasteiger partial charge in [0, 0.05) is 13.6 Å². The second-order valence-corrected chi connectivity index (χ2v) is 4.74. The number of carbonyl (C=O) groups is 1. The summed E-state index contributed by atoms with van der Waals surface area (Å²) in [4.78, 5) is 13.2. The van der Waals surface area contributed by atoms with Crippen molar-refractivity contribution >= 4 is 5.91 Å².